The third-order valence-electron chi connectivity index (χ3n) is 8.31. The van der Waals surface area contributed by atoms with E-state index in [0.717, 1.165) is 36.1 Å². The molecular weight excluding hydrogens is 595 g/mol. The van der Waals surface area contributed by atoms with Crippen molar-refractivity contribution >= 4 is 37.2 Å². The third-order valence-corrected chi connectivity index (χ3v) is 10.5. The van der Waals surface area contributed by atoms with Gasteiger partial charge in [0.25, 0.3) is 14.9 Å². The minimum atomic E-state index is -1.64. The van der Waals surface area contributed by atoms with E-state index in [1.807, 2.05) is 39.0 Å². The number of benzene rings is 2. The number of pyridine rings is 1. The maximum absolute atomic E-state index is 13.6. The largest absolute Gasteiger partial charge is 0.436 e. The summed E-state index contributed by atoms with van der Waals surface area (Å²) in [7, 11) is -1.64. The monoisotopic (exact) mass is 644 g/mol. The number of hydrogen-bond donors (Lipinski definition) is 3. The summed E-state index contributed by atoms with van der Waals surface area (Å²) in [5.74, 6) is 0.353. The SMILES string of the molecule is CC1CCC(C(OC(=O)NC(C)(C)C)C(=O)Nc2cc(C(O)CO[Si](c3ccccc3)c3ccc(C(C)(C)C)cc3)ccn2)CC1. The Morgan fingerprint density at radius 3 is 2.17 bits per heavy atom. The Kier molecular flexibility index (Phi) is 11.8. The predicted octanol–water partition coefficient (Wildman–Crippen LogP) is 5.89. The molecule has 2 atom stereocenters. The summed E-state index contributed by atoms with van der Waals surface area (Å²) in [6.07, 6.45) is 2.59. The van der Waals surface area contributed by atoms with E-state index < -0.39 is 38.8 Å². The van der Waals surface area contributed by atoms with Crippen molar-refractivity contribution < 1.29 is 23.9 Å². The highest BCUT2D eigenvalue weighted by Gasteiger charge is 2.35. The van der Waals surface area contributed by atoms with Crippen molar-refractivity contribution in [2.45, 2.75) is 97.3 Å². The summed E-state index contributed by atoms with van der Waals surface area (Å²) in [5, 5.41) is 19.0. The second-order valence-electron chi connectivity index (χ2n) is 14.5. The number of rotatable bonds is 10. The molecular formula is C37H50N3O5Si. The van der Waals surface area contributed by atoms with E-state index in [9.17, 15) is 14.7 Å². The second kappa shape index (κ2) is 15.4. The first-order valence-corrected chi connectivity index (χ1v) is 17.7. The number of hydrogen-bond acceptors (Lipinski definition) is 6. The lowest BCUT2D eigenvalue weighted by Gasteiger charge is -2.32. The van der Waals surface area contributed by atoms with Gasteiger partial charge in [-0.1, -0.05) is 95.1 Å². The Hall–Kier alpha value is -3.53. The Morgan fingerprint density at radius 2 is 1.57 bits per heavy atom. The molecule has 46 heavy (non-hydrogen) atoms. The van der Waals surface area contributed by atoms with Gasteiger partial charge in [0, 0.05) is 17.7 Å². The van der Waals surface area contributed by atoms with Gasteiger partial charge in [-0.05, 0) is 78.6 Å². The highest BCUT2D eigenvalue weighted by atomic mass is 28.3. The number of carbonyl (C=O) groups excluding carboxylic acids is 2. The predicted molar refractivity (Wildman–Crippen MR) is 185 cm³/mol. The lowest BCUT2D eigenvalue weighted by molar-refractivity contribution is -0.128. The van der Waals surface area contributed by atoms with E-state index in [0.29, 0.717) is 11.5 Å². The molecule has 0 aliphatic heterocycles. The van der Waals surface area contributed by atoms with Crippen LogP contribution in [-0.2, 0) is 19.4 Å². The van der Waals surface area contributed by atoms with E-state index in [-0.39, 0.29) is 23.8 Å². The molecule has 1 saturated carbocycles. The van der Waals surface area contributed by atoms with E-state index >= 15 is 0 Å². The molecule has 2 amide bonds. The minimum Gasteiger partial charge on any atom is -0.436 e. The molecule has 9 heteroatoms. The number of anilines is 1. The number of aliphatic hydroxyl groups is 1. The first kappa shape index (κ1) is 35.3. The van der Waals surface area contributed by atoms with Crippen LogP contribution >= 0.6 is 0 Å². The zero-order valence-electron chi connectivity index (χ0n) is 28.3. The Bertz CT molecular complexity index is 1430. The minimum absolute atomic E-state index is 0.0453. The van der Waals surface area contributed by atoms with Crippen LogP contribution in [-0.4, -0.2) is 49.4 Å². The maximum atomic E-state index is 13.6. The standard InChI is InChI=1S/C37H50N3O5Si/c1-25-13-15-26(16-14-25)33(45-35(43)40-37(5,6)7)34(42)39-32-23-27(21-22-38-32)31(41)24-44-46(29-11-9-8-10-12-29)30-19-17-28(18-20-30)36(2,3)4/h8-12,17-23,25-26,31,33,41H,13-16,24H2,1-7H3,(H,40,43)(H,38,39,42). The zero-order chi connectivity index (χ0) is 33.5. The molecule has 1 heterocycles. The Morgan fingerprint density at radius 1 is 0.935 bits per heavy atom. The zero-order valence-corrected chi connectivity index (χ0v) is 29.3. The van der Waals surface area contributed by atoms with Gasteiger partial charge in [0.05, 0.1) is 6.61 Å². The van der Waals surface area contributed by atoms with Gasteiger partial charge in [-0.3, -0.25) is 4.79 Å². The quantitative estimate of drug-likeness (QED) is 0.238. The number of aliphatic hydroxyl groups excluding tert-OH is 1. The Balaban J connectivity index is 1.46. The molecule has 0 bridgehead atoms. The van der Waals surface area contributed by atoms with Crippen LogP contribution in [0.5, 0.6) is 0 Å². The normalized spacial score (nSPS) is 18.5. The van der Waals surface area contributed by atoms with Crippen LogP contribution in [0.2, 0.25) is 0 Å². The topological polar surface area (TPSA) is 110 Å². The average molecular weight is 645 g/mol. The van der Waals surface area contributed by atoms with Crippen molar-refractivity contribution in [3.8, 4) is 0 Å². The van der Waals surface area contributed by atoms with Crippen LogP contribution in [0.15, 0.2) is 72.9 Å². The summed E-state index contributed by atoms with van der Waals surface area (Å²) in [4.78, 5) is 30.6. The Labute approximate surface area is 276 Å². The fourth-order valence-electron chi connectivity index (χ4n) is 5.63. The molecule has 1 aliphatic carbocycles. The van der Waals surface area contributed by atoms with Gasteiger partial charge in [-0.2, -0.15) is 0 Å². The van der Waals surface area contributed by atoms with Gasteiger partial charge in [0.1, 0.15) is 11.9 Å². The van der Waals surface area contributed by atoms with Crippen LogP contribution in [0.3, 0.4) is 0 Å². The first-order valence-electron chi connectivity index (χ1n) is 16.3. The van der Waals surface area contributed by atoms with E-state index in [2.05, 4.69) is 79.7 Å². The molecule has 247 valence electrons. The van der Waals surface area contributed by atoms with Gasteiger partial charge in [0.2, 0.25) is 0 Å². The fraction of sp³-hybridized carbons (Fsp3) is 0.486. The molecule has 0 spiro atoms. The van der Waals surface area contributed by atoms with Crippen LogP contribution in [0.1, 0.15) is 91.4 Å². The number of alkyl carbamates (subject to hydrolysis) is 1. The molecule has 8 nitrogen and oxygen atoms in total. The molecule has 4 rings (SSSR count). The van der Waals surface area contributed by atoms with Crippen LogP contribution < -0.4 is 21.0 Å². The number of aromatic nitrogens is 1. The molecule has 1 aliphatic rings. The van der Waals surface area contributed by atoms with E-state index in [1.54, 1.807) is 18.3 Å². The maximum Gasteiger partial charge on any atom is 0.408 e. The summed E-state index contributed by atoms with van der Waals surface area (Å²) in [6, 6.07) is 22.0. The average Bonchev–Trinajstić information content (AvgIpc) is 3.00. The number of carbonyl (C=O) groups is 2. The van der Waals surface area contributed by atoms with Crippen molar-refractivity contribution in [1.29, 1.82) is 0 Å². The lowest BCUT2D eigenvalue weighted by Crippen LogP contribution is -2.47. The highest BCUT2D eigenvalue weighted by Crippen LogP contribution is 2.32. The summed E-state index contributed by atoms with van der Waals surface area (Å²) < 4.78 is 12.2. The number of nitrogens with zero attached hydrogens (tertiary/aromatic N) is 1. The molecule has 3 aromatic rings. The number of nitrogens with one attached hydrogen (secondary N) is 2. The summed E-state index contributed by atoms with van der Waals surface area (Å²) >= 11 is 0. The molecule has 1 aromatic heterocycles. The van der Waals surface area contributed by atoms with Crippen molar-refractivity contribution in [1.82, 2.24) is 10.3 Å². The molecule has 1 fully saturated rings. The van der Waals surface area contributed by atoms with Crippen LogP contribution in [0.25, 0.3) is 0 Å². The van der Waals surface area contributed by atoms with Gasteiger partial charge >= 0.3 is 6.09 Å². The highest BCUT2D eigenvalue weighted by molar-refractivity contribution is 6.80. The van der Waals surface area contributed by atoms with Crippen molar-refractivity contribution in [3.05, 3.63) is 84.1 Å². The van der Waals surface area contributed by atoms with Gasteiger partial charge in [0.15, 0.2) is 6.10 Å². The summed E-state index contributed by atoms with van der Waals surface area (Å²) in [6.45, 7) is 14.4. The second-order valence-corrected chi connectivity index (χ2v) is 16.6. The van der Waals surface area contributed by atoms with Crippen LogP contribution in [0, 0.1) is 11.8 Å². The molecule has 2 unspecified atom stereocenters. The fourth-order valence-corrected chi connectivity index (χ4v) is 7.58. The van der Waals surface area contributed by atoms with Gasteiger partial charge in [-0.25, -0.2) is 9.78 Å². The van der Waals surface area contributed by atoms with E-state index in [1.165, 1.54) is 5.56 Å². The van der Waals surface area contributed by atoms with Crippen LogP contribution in [0.4, 0.5) is 10.6 Å². The van der Waals surface area contributed by atoms with Crippen molar-refractivity contribution in [2.75, 3.05) is 11.9 Å². The smallest absolute Gasteiger partial charge is 0.408 e. The molecule has 2 aromatic carbocycles. The molecule has 1 radical (unpaired) electrons. The molecule has 3 N–H and O–H groups in total. The number of ether oxygens (including phenoxy) is 1. The van der Waals surface area contributed by atoms with Crippen molar-refractivity contribution in [3.63, 3.8) is 0 Å². The lowest BCUT2D eigenvalue weighted by atomic mass is 9.80. The van der Waals surface area contributed by atoms with Gasteiger partial charge in [-0.15, -0.1) is 0 Å². The third kappa shape index (κ3) is 10.2. The summed E-state index contributed by atoms with van der Waals surface area (Å²) in [5.41, 5.74) is 1.36. The van der Waals surface area contributed by atoms with Gasteiger partial charge < -0.3 is 24.9 Å². The first-order chi connectivity index (χ1) is 21.7. The van der Waals surface area contributed by atoms with Crippen molar-refractivity contribution in [2.24, 2.45) is 11.8 Å². The molecule has 0 saturated heterocycles. The van der Waals surface area contributed by atoms with E-state index in [4.69, 9.17) is 9.16 Å². The number of amides is 2.